The summed E-state index contributed by atoms with van der Waals surface area (Å²) in [5.41, 5.74) is 4.14. The normalized spacial score (nSPS) is 22.5. The molecule has 3 fully saturated rings. The Morgan fingerprint density at radius 3 is 2.67 bits per heavy atom. The van der Waals surface area contributed by atoms with E-state index in [1.54, 1.807) is 17.4 Å². The molecule has 2 bridgehead atoms. The van der Waals surface area contributed by atoms with E-state index in [1.807, 2.05) is 30.3 Å². The summed E-state index contributed by atoms with van der Waals surface area (Å²) in [4.78, 5) is 19.6. The van der Waals surface area contributed by atoms with Gasteiger partial charge in [0.25, 0.3) is 0 Å². The number of ether oxygens (including phenoxy) is 2. The number of fused-ring (bicyclic) bond motifs is 3. The van der Waals surface area contributed by atoms with Crippen LogP contribution >= 0.6 is 38.9 Å². The second-order valence-electron chi connectivity index (χ2n) is 10.6. The number of aromatic nitrogens is 2. The summed E-state index contributed by atoms with van der Waals surface area (Å²) in [5, 5.41) is 6.11. The number of benzene rings is 2. The summed E-state index contributed by atoms with van der Waals surface area (Å²) < 4.78 is 19.1. The van der Waals surface area contributed by atoms with Crippen LogP contribution in [0.2, 0.25) is 5.02 Å². The van der Waals surface area contributed by atoms with Crippen molar-refractivity contribution in [2.24, 2.45) is 0 Å². The Labute approximate surface area is 243 Å². The van der Waals surface area contributed by atoms with Crippen LogP contribution in [0.5, 0.6) is 0 Å². The smallest absolute Gasteiger partial charge is 0.337 e. The van der Waals surface area contributed by atoms with E-state index in [4.69, 9.17) is 30.6 Å². The number of rotatable bonds is 7. The standard InChI is InChI=1S/C29H27BrClN3O4S/c1-36-28(35)16-10-22(30)26-24(11-16)39-29(32-26)34-17-8-9-18(34)13-19(12-17)37-14-21-25(20-4-2-3-5-23(20)31)33-38-27(21)15-6-7-15/h2-5,10-11,15,17-19H,6-9,12-14H2,1H3. The molecule has 7 nitrogen and oxygen atoms in total. The predicted octanol–water partition coefficient (Wildman–Crippen LogP) is 7.75. The number of carbonyl (C=O) groups is 1. The number of halogens is 2. The van der Waals surface area contributed by atoms with Crippen LogP contribution in [-0.4, -0.2) is 41.4 Å². The third kappa shape index (κ3) is 4.67. The number of piperidine rings is 1. The lowest BCUT2D eigenvalue weighted by atomic mass is 10.00. The summed E-state index contributed by atoms with van der Waals surface area (Å²) in [5.74, 6) is 1.04. The molecule has 39 heavy (non-hydrogen) atoms. The second-order valence-corrected chi connectivity index (χ2v) is 12.9. The van der Waals surface area contributed by atoms with Gasteiger partial charge in [-0.05, 0) is 72.7 Å². The maximum Gasteiger partial charge on any atom is 0.337 e. The van der Waals surface area contributed by atoms with E-state index in [0.29, 0.717) is 35.2 Å². The zero-order valence-electron chi connectivity index (χ0n) is 21.4. The first-order chi connectivity index (χ1) is 19.0. The molecule has 3 aliphatic rings. The number of nitrogens with zero attached hydrogens (tertiary/aromatic N) is 3. The number of carbonyl (C=O) groups excluding carboxylic acids is 1. The van der Waals surface area contributed by atoms with Crippen molar-refractivity contribution < 1.29 is 18.8 Å². The summed E-state index contributed by atoms with van der Waals surface area (Å²) in [6.07, 6.45) is 6.57. The van der Waals surface area contributed by atoms with Gasteiger partial charge >= 0.3 is 5.97 Å². The number of esters is 1. The number of thiazole rings is 1. The molecule has 2 aromatic heterocycles. The quantitative estimate of drug-likeness (QED) is 0.194. The summed E-state index contributed by atoms with van der Waals surface area (Å²) in [6, 6.07) is 12.2. The Bertz CT molecular complexity index is 1550. The molecule has 1 aliphatic carbocycles. The Hall–Kier alpha value is -2.46. The largest absolute Gasteiger partial charge is 0.465 e. The molecular formula is C29H27BrClN3O4S. The Kier molecular flexibility index (Phi) is 6.66. The molecule has 2 aliphatic heterocycles. The van der Waals surface area contributed by atoms with Crippen LogP contribution in [0.3, 0.4) is 0 Å². The molecule has 2 atom stereocenters. The van der Waals surface area contributed by atoms with Gasteiger partial charge in [0, 0.05) is 33.6 Å². The highest BCUT2D eigenvalue weighted by atomic mass is 79.9. The molecule has 0 radical (unpaired) electrons. The Balaban J connectivity index is 1.10. The van der Waals surface area contributed by atoms with E-state index in [2.05, 4.69) is 26.0 Å². The average Bonchev–Trinajstić information content (AvgIpc) is 3.45. The number of hydrogen-bond acceptors (Lipinski definition) is 8. The molecule has 7 rings (SSSR count). The molecular weight excluding hydrogens is 602 g/mol. The number of methoxy groups -OCH3 is 1. The van der Waals surface area contributed by atoms with Crippen molar-refractivity contribution in [2.75, 3.05) is 12.0 Å². The second kappa shape index (κ2) is 10.2. The summed E-state index contributed by atoms with van der Waals surface area (Å²) >= 11 is 11.8. The van der Waals surface area contributed by atoms with E-state index in [-0.39, 0.29) is 12.1 Å². The van der Waals surface area contributed by atoms with Crippen LogP contribution in [-0.2, 0) is 16.1 Å². The topological polar surface area (TPSA) is 77.7 Å². The molecule has 4 aromatic rings. The number of hydrogen-bond donors (Lipinski definition) is 0. The van der Waals surface area contributed by atoms with Gasteiger partial charge in [-0.3, -0.25) is 0 Å². The predicted molar refractivity (Wildman–Crippen MR) is 155 cm³/mol. The van der Waals surface area contributed by atoms with Crippen LogP contribution in [0.1, 0.15) is 66.1 Å². The zero-order chi connectivity index (χ0) is 26.7. The number of anilines is 1. The fourth-order valence-electron chi connectivity index (χ4n) is 6.09. The lowest BCUT2D eigenvalue weighted by Crippen LogP contribution is -2.45. The van der Waals surface area contributed by atoms with Crippen molar-refractivity contribution in [2.45, 2.75) is 69.2 Å². The fraction of sp³-hybridized carbons (Fsp3) is 0.414. The van der Waals surface area contributed by atoms with Gasteiger partial charge in [0.15, 0.2) is 5.13 Å². The Morgan fingerprint density at radius 2 is 1.95 bits per heavy atom. The maximum atomic E-state index is 12.1. The van der Waals surface area contributed by atoms with Crippen LogP contribution in [0.25, 0.3) is 21.5 Å². The molecule has 2 unspecified atom stereocenters. The van der Waals surface area contributed by atoms with Gasteiger partial charge in [-0.15, -0.1) is 0 Å². The van der Waals surface area contributed by atoms with Gasteiger partial charge in [-0.25, -0.2) is 9.78 Å². The van der Waals surface area contributed by atoms with Crippen molar-refractivity contribution in [3.05, 3.63) is 62.8 Å². The third-order valence-electron chi connectivity index (χ3n) is 8.13. The van der Waals surface area contributed by atoms with Gasteiger partial charge < -0.3 is 18.9 Å². The van der Waals surface area contributed by atoms with E-state index in [1.165, 1.54) is 7.11 Å². The first-order valence-corrected chi connectivity index (χ1v) is 15.3. The first kappa shape index (κ1) is 25.5. The summed E-state index contributed by atoms with van der Waals surface area (Å²) in [7, 11) is 1.40. The van der Waals surface area contributed by atoms with Crippen molar-refractivity contribution in [1.29, 1.82) is 0 Å². The summed E-state index contributed by atoms with van der Waals surface area (Å²) in [6.45, 7) is 0.477. The monoisotopic (exact) mass is 627 g/mol. The van der Waals surface area contributed by atoms with Gasteiger partial charge in [0.05, 0.1) is 40.6 Å². The molecule has 4 heterocycles. The van der Waals surface area contributed by atoms with Crippen molar-refractivity contribution in [1.82, 2.24) is 10.1 Å². The molecule has 0 N–H and O–H groups in total. The first-order valence-electron chi connectivity index (χ1n) is 13.3. The van der Waals surface area contributed by atoms with E-state index in [0.717, 1.165) is 80.9 Å². The molecule has 0 spiro atoms. The van der Waals surface area contributed by atoms with E-state index in [9.17, 15) is 4.79 Å². The van der Waals surface area contributed by atoms with Crippen LogP contribution < -0.4 is 4.90 Å². The third-order valence-corrected chi connectivity index (χ3v) is 10.1. The van der Waals surface area contributed by atoms with Crippen molar-refractivity contribution >= 4 is 60.2 Å². The highest BCUT2D eigenvalue weighted by Gasteiger charge is 2.43. The van der Waals surface area contributed by atoms with Crippen LogP contribution in [0.4, 0.5) is 5.13 Å². The molecule has 0 amide bonds. The van der Waals surface area contributed by atoms with Gasteiger partial charge in [-0.2, -0.15) is 0 Å². The van der Waals surface area contributed by atoms with Crippen molar-refractivity contribution in [3.8, 4) is 11.3 Å². The van der Waals surface area contributed by atoms with Gasteiger partial charge in [-0.1, -0.05) is 46.3 Å². The van der Waals surface area contributed by atoms with Crippen molar-refractivity contribution in [3.63, 3.8) is 0 Å². The van der Waals surface area contributed by atoms with Crippen LogP contribution in [0.15, 0.2) is 45.4 Å². The lowest BCUT2D eigenvalue weighted by Gasteiger charge is -2.38. The van der Waals surface area contributed by atoms with Gasteiger partial charge in [0.2, 0.25) is 0 Å². The van der Waals surface area contributed by atoms with E-state index < -0.39 is 0 Å². The average molecular weight is 629 g/mol. The molecule has 10 heteroatoms. The maximum absolute atomic E-state index is 12.1. The minimum atomic E-state index is -0.346. The highest BCUT2D eigenvalue weighted by Crippen LogP contribution is 2.47. The SMILES string of the molecule is COC(=O)c1cc(Br)c2nc(N3C4CCC3CC(OCc3c(-c5ccccc5Cl)noc3C3CC3)C4)sc2c1. The zero-order valence-corrected chi connectivity index (χ0v) is 24.5. The Morgan fingerprint density at radius 1 is 1.18 bits per heavy atom. The fourth-order valence-corrected chi connectivity index (χ4v) is 8.17. The van der Waals surface area contributed by atoms with Crippen LogP contribution in [0, 0.1) is 0 Å². The molecule has 1 saturated carbocycles. The minimum Gasteiger partial charge on any atom is -0.465 e. The molecule has 2 saturated heterocycles. The molecule has 202 valence electrons. The molecule has 2 aromatic carbocycles. The van der Waals surface area contributed by atoms with Gasteiger partial charge in [0.1, 0.15) is 11.5 Å². The minimum absolute atomic E-state index is 0.159. The highest BCUT2D eigenvalue weighted by molar-refractivity contribution is 9.10. The van der Waals surface area contributed by atoms with E-state index >= 15 is 0 Å². The lowest BCUT2D eigenvalue weighted by molar-refractivity contribution is 0.0147.